The molecule has 29 heavy (non-hydrogen) atoms. The summed E-state index contributed by atoms with van der Waals surface area (Å²) in [4.78, 5) is 27.0. The second-order valence-corrected chi connectivity index (χ2v) is 8.98. The van der Waals surface area contributed by atoms with Crippen molar-refractivity contribution in [2.75, 3.05) is 25.0 Å². The minimum Gasteiger partial charge on any atom is -0.362 e. The number of rotatable bonds is 5. The van der Waals surface area contributed by atoms with Crippen LogP contribution in [0.25, 0.3) is 0 Å². The number of urea groups is 1. The van der Waals surface area contributed by atoms with Crippen LogP contribution in [0.1, 0.15) is 51.5 Å². The van der Waals surface area contributed by atoms with Crippen molar-refractivity contribution < 1.29 is 14.3 Å². The van der Waals surface area contributed by atoms with Gasteiger partial charge >= 0.3 is 6.03 Å². The summed E-state index contributed by atoms with van der Waals surface area (Å²) in [5.41, 5.74) is 1.80. The molecule has 2 aliphatic heterocycles. The Kier molecular flexibility index (Phi) is 5.81. The number of carbonyl (C=O) groups is 2. The fraction of sp³-hybridized carbons (Fsp3) is 0.652. The first-order valence-corrected chi connectivity index (χ1v) is 11.1. The first-order chi connectivity index (χ1) is 14.0. The quantitative estimate of drug-likeness (QED) is 0.795. The molecule has 2 N–H and O–H groups in total. The van der Waals surface area contributed by atoms with Crippen molar-refractivity contribution in [2.45, 2.75) is 64.1 Å². The van der Waals surface area contributed by atoms with Gasteiger partial charge in [0.1, 0.15) is 6.10 Å². The number of nitrogens with zero attached hydrogens (tertiary/aromatic N) is 1. The van der Waals surface area contributed by atoms with Crippen LogP contribution in [-0.2, 0) is 16.0 Å². The summed E-state index contributed by atoms with van der Waals surface area (Å²) in [5, 5.41) is 6.05. The Hall–Kier alpha value is -2.08. The average molecular weight is 400 g/mol. The molecule has 6 nitrogen and oxygen atoms in total. The third-order valence-corrected chi connectivity index (χ3v) is 6.86. The molecule has 3 atom stereocenters. The summed E-state index contributed by atoms with van der Waals surface area (Å²) in [5.74, 6) is 0.913. The Labute approximate surface area is 173 Å². The van der Waals surface area contributed by atoms with Gasteiger partial charge in [-0.25, -0.2) is 4.79 Å². The van der Waals surface area contributed by atoms with Gasteiger partial charge in [0.05, 0.1) is 5.60 Å². The Balaban J connectivity index is 1.29. The summed E-state index contributed by atoms with van der Waals surface area (Å²) < 4.78 is 6.32. The molecule has 4 rings (SSSR count). The van der Waals surface area contributed by atoms with Gasteiger partial charge in [-0.2, -0.15) is 0 Å². The van der Waals surface area contributed by atoms with E-state index >= 15 is 0 Å². The molecule has 0 radical (unpaired) electrons. The topological polar surface area (TPSA) is 70.7 Å². The average Bonchev–Trinajstić information content (AvgIpc) is 3.47. The number of nitrogens with one attached hydrogen (secondary N) is 2. The van der Waals surface area contributed by atoms with Crippen molar-refractivity contribution in [1.29, 1.82) is 0 Å². The van der Waals surface area contributed by atoms with Crippen molar-refractivity contribution >= 4 is 17.6 Å². The lowest BCUT2D eigenvalue weighted by Gasteiger charge is -2.44. The molecule has 3 amide bonds. The molecule has 0 aromatic heterocycles. The highest BCUT2D eigenvalue weighted by Gasteiger charge is 2.49. The van der Waals surface area contributed by atoms with Gasteiger partial charge in [0, 0.05) is 31.2 Å². The van der Waals surface area contributed by atoms with Crippen LogP contribution in [0.3, 0.4) is 0 Å². The number of likely N-dealkylation sites (tertiary alicyclic amines) is 1. The summed E-state index contributed by atoms with van der Waals surface area (Å²) >= 11 is 0. The highest BCUT2D eigenvalue weighted by molar-refractivity contribution is 5.89. The van der Waals surface area contributed by atoms with E-state index in [9.17, 15) is 9.59 Å². The number of ether oxygens (including phenoxy) is 1. The van der Waals surface area contributed by atoms with E-state index in [4.69, 9.17) is 4.74 Å². The van der Waals surface area contributed by atoms with E-state index in [1.54, 1.807) is 0 Å². The number of amides is 3. The molecule has 1 aliphatic carbocycles. The van der Waals surface area contributed by atoms with Crippen LogP contribution in [0.5, 0.6) is 0 Å². The minimum atomic E-state index is -0.339. The van der Waals surface area contributed by atoms with Gasteiger partial charge in [0.25, 0.3) is 0 Å². The molecule has 3 fully saturated rings. The third kappa shape index (κ3) is 4.58. The fourth-order valence-electron chi connectivity index (χ4n) is 4.56. The Morgan fingerprint density at radius 3 is 2.59 bits per heavy atom. The summed E-state index contributed by atoms with van der Waals surface area (Å²) in [6.07, 6.45) is 5.55. The van der Waals surface area contributed by atoms with E-state index in [0.29, 0.717) is 19.0 Å². The van der Waals surface area contributed by atoms with Crippen LogP contribution in [0, 0.1) is 11.8 Å². The molecule has 1 spiro atoms. The van der Waals surface area contributed by atoms with Crippen LogP contribution in [0.15, 0.2) is 24.3 Å². The van der Waals surface area contributed by atoms with Crippen LogP contribution in [0.2, 0.25) is 0 Å². The monoisotopic (exact) mass is 399 g/mol. The summed E-state index contributed by atoms with van der Waals surface area (Å²) in [7, 11) is 0. The second-order valence-electron chi connectivity index (χ2n) is 8.98. The Morgan fingerprint density at radius 2 is 1.93 bits per heavy atom. The standard InChI is InChI=1S/C23H33N3O3/c1-3-17-6-8-19(9-7-17)25-22(28)26-13-12-23(16(2)15-26)11-10-20(29-23)21(27)24-14-18-4-5-18/h6-9,16,18,20H,3-5,10-15H2,1-2H3,(H,24,27)(H,25,28). The highest BCUT2D eigenvalue weighted by atomic mass is 16.5. The van der Waals surface area contributed by atoms with E-state index in [2.05, 4.69) is 24.5 Å². The molecule has 3 aliphatic rings. The maximum Gasteiger partial charge on any atom is 0.321 e. The SMILES string of the molecule is CCc1ccc(NC(=O)N2CCC3(CCC(C(=O)NCC4CC4)O3)C(C)C2)cc1. The molecule has 2 saturated heterocycles. The number of piperidine rings is 1. The van der Waals surface area contributed by atoms with Gasteiger partial charge in [-0.15, -0.1) is 0 Å². The maximum atomic E-state index is 12.7. The lowest BCUT2D eigenvalue weighted by molar-refractivity contribution is -0.146. The van der Waals surface area contributed by atoms with Gasteiger partial charge in [0.2, 0.25) is 5.91 Å². The number of anilines is 1. The normalized spacial score (nSPS) is 29.1. The van der Waals surface area contributed by atoms with Crippen molar-refractivity contribution in [1.82, 2.24) is 10.2 Å². The molecule has 1 aromatic carbocycles. The van der Waals surface area contributed by atoms with E-state index in [0.717, 1.165) is 37.9 Å². The smallest absolute Gasteiger partial charge is 0.321 e. The van der Waals surface area contributed by atoms with Crippen LogP contribution in [-0.4, -0.2) is 48.2 Å². The Morgan fingerprint density at radius 1 is 1.17 bits per heavy atom. The van der Waals surface area contributed by atoms with E-state index in [-0.39, 0.29) is 29.6 Å². The Bertz CT molecular complexity index is 746. The van der Waals surface area contributed by atoms with Crippen molar-refractivity contribution in [3.63, 3.8) is 0 Å². The molecule has 0 bridgehead atoms. The predicted molar refractivity (Wildman–Crippen MR) is 113 cm³/mol. The number of hydrogen-bond acceptors (Lipinski definition) is 3. The molecule has 158 valence electrons. The zero-order valence-electron chi connectivity index (χ0n) is 17.6. The lowest BCUT2D eigenvalue weighted by atomic mass is 9.80. The van der Waals surface area contributed by atoms with Crippen LogP contribution < -0.4 is 10.6 Å². The first-order valence-electron chi connectivity index (χ1n) is 11.1. The van der Waals surface area contributed by atoms with Gasteiger partial charge < -0.3 is 20.3 Å². The molecular weight excluding hydrogens is 366 g/mol. The molecular formula is C23H33N3O3. The first kappa shape index (κ1) is 20.2. The van der Waals surface area contributed by atoms with Crippen molar-refractivity contribution in [3.05, 3.63) is 29.8 Å². The van der Waals surface area contributed by atoms with Gasteiger partial charge in [-0.1, -0.05) is 26.0 Å². The van der Waals surface area contributed by atoms with Crippen molar-refractivity contribution in [3.8, 4) is 0 Å². The molecule has 1 aromatic rings. The van der Waals surface area contributed by atoms with Crippen LogP contribution >= 0.6 is 0 Å². The lowest BCUT2D eigenvalue weighted by Crippen LogP contribution is -2.54. The predicted octanol–water partition coefficient (Wildman–Crippen LogP) is 3.57. The molecule has 6 heteroatoms. The number of aryl methyl sites for hydroxylation is 1. The van der Waals surface area contributed by atoms with E-state index in [1.165, 1.54) is 18.4 Å². The molecule has 2 heterocycles. The van der Waals surface area contributed by atoms with E-state index < -0.39 is 0 Å². The molecule has 1 saturated carbocycles. The fourth-order valence-corrected chi connectivity index (χ4v) is 4.56. The number of carbonyl (C=O) groups excluding carboxylic acids is 2. The van der Waals surface area contributed by atoms with Crippen LogP contribution in [0.4, 0.5) is 10.5 Å². The molecule has 3 unspecified atom stereocenters. The van der Waals surface area contributed by atoms with Gasteiger partial charge in [-0.3, -0.25) is 4.79 Å². The minimum absolute atomic E-state index is 0.0386. The number of hydrogen-bond donors (Lipinski definition) is 2. The number of benzene rings is 1. The van der Waals surface area contributed by atoms with E-state index in [1.807, 2.05) is 29.2 Å². The summed E-state index contributed by atoms with van der Waals surface area (Å²) in [6.45, 7) is 6.34. The zero-order valence-corrected chi connectivity index (χ0v) is 17.6. The largest absolute Gasteiger partial charge is 0.362 e. The maximum absolute atomic E-state index is 12.7. The van der Waals surface area contributed by atoms with Gasteiger partial charge in [-0.05, 0) is 62.1 Å². The highest BCUT2D eigenvalue weighted by Crippen LogP contribution is 2.42. The zero-order chi connectivity index (χ0) is 20.4. The second kappa shape index (κ2) is 8.34. The van der Waals surface area contributed by atoms with Crippen molar-refractivity contribution in [2.24, 2.45) is 11.8 Å². The third-order valence-electron chi connectivity index (χ3n) is 6.86. The van der Waals surface area contributed by atoms with Gasteiger partial charge in [0.15, 0.2) is 0 Å². The summed E-state index contributed by atoms with van der Waals surface area (Å²) in [6, 6.07) is 7.94.